The van der Waals surface area contributed by atoms with Gasteiger partial charge in [-0.3, -0.25) is 9.59 Å². The molecule has 0 saturated carbocycles. The third-order valence-corrected chi connectivity index (χ3v) is 5.21. The fourth-order valence-electron chi connectivity index (χ4n) is 3.57. The highest BCUT2D eigenvalue weighted by molar-refractivity contribution is 5.97. The van der Waals surface area contributed by atoms with Crippen molar-refractivity contribution in [1.82, 2.24) is 14.4 Å². The molecule has 2 aromatic carbocycles. The van der Waals surface area contributed by atoms with Gasteiger partial charge in [-0.05, 0) is 48.5 Å². The van der Waals surface area contributed by atoms with Crippen LogP contribution in [0.5, 0.6) is 5.75 Å². The summed E-state index contributed by atoms with van der Waals surface area (Å²) in [7, 11) is 1.56. The number of rotatable bonds is 4. The lowest BCUT2D eigenvalue weighted by Gasteiger charge is -2.35. The zero-order valence-electron chi connectivity index (χ0n) is 16.3. The zero-order valence-corrected chi connectivity index (χ0v) is 16.3. The summed E-state index contributed by atoms with van der Waals surface area (Å²) in [5, 5.41) is 0. The van der Waals surface area contributed by atoms with Crippen LogP contribution in [0.2, 0.25) is 0 Å². The predicted octanol–water partition coefficient (Wildman–Crippen LogP) is 3.08. The summed E-state index contributed by atoms with van der Waals surface area (Å²) in [6.07, 6.45) is 3.93. The van der Waals surface area contributed by atoms with Gasteiger partial charge in [0, 0.05) is 49.8 Å². The number of carbonyl (C=O) groups excluding carboxylic acids is 2. The molecule has 0 unspecified atom stereocenters. The van der Waals surface area contributed by atoms with Crippen LogP contribution < -0.4 is 4.74 Å². The second kappa shape index (κ2) is 8.22. The molecule has 0 radical (unpaired) electrons. The number of aromatic nitrogens is 1. The van der Waals surface area contributed by atoms with Crippen LogP contribution in [0.15, 0.2) is 73.1 Å². The van der Waals surface area contributed by atoms with E-state index < -0.39 is 0 Å². The molecule has 0 spiro atoms. The maximum absolute atomic E-state index is 12.8. The number of amides is 2. The second-order valence-electron chi connectivity index (χ2n) is 6.92. The summed E-state index contributed by atoms with van der Waals surface area (Å²) < 4.78 is 7.29. The molecule has 6 nitrogen and oxygen atoms in total. The van der Waals surface area contributed by atoms with E-state index in [2.05, 4.69) is 0 Å². The summed E-state index contributed by atoms with van der Waals surface area (Å²) in [6, 6.07) is 18.7. The van der Waals surface area contributed by atoms with Crippen LogP contribution in [0.1, 0.15) is 20.7 Å². The van der Waals surface area contributed by atoms with Gasteiger partial charge in [-0.15, -0.1) is 0 Å². The smallest absolute Gasteiger partial charge is 0.257 e. The molecule has 6 heteroatoms. The molecule has 2 amide bonds. The van der Waals surface area contributed by atoms with E-state index in [1.54, 1.807) is 29.0 Å². The Bertz CT molecular complexity index is 988. The van der Waals surface area contributed by atoms with E-state index in [-0.39, 0.29) is 11.8 Å². The SMILES string of the molecule is COc1ccccc1C(=O)N1CCN(C(=O)c2ccc(-n3cccc3)cc2)CC1. The van der Waals surface area contributed by atoms with Gasteiger partial charge in [-0.1, -0.05) is 12.1 Å². The monoisotopic (exact) mass is 389 g/mol. The first-order valence-corrected chi connectivity index (χ1v) is 9.62. The van der Waals surface area contributed by atoms with Gasteiger partial charge in [0.25, 0.3) is 11.8 Å². The molecule has 1 aliphatic heterocycles. The van der Waals surface area contributed by atoms with Gasteiger partial charge in [0.1, 0.15) is 5.75 Å². The van der Waals surface area contributed by atoms with E-state index in [0.29, 0.717) is 43.1 Å². The quantitative estimate of drug-likeness (QED) is 0.689. The van der Waals surface area contributed by atoms with Crippen molar-refractivity contribution in [3.05, 3.63) is 84.2 Å². The number of piperazine rings is 1. The molecular formula is C23H23N3O3. The van der Waals surface area contributed by atoms with Gasteiger partial charge in [0.05, 0.1) is 12.7 Å². The van der Waals surface area contributed by atoms with E-state index in [9.17, 15) is 9.59 Å². The lowest BCUT2D eigenvalue weighted by Crippen LogP contribution is -2.50. The van der Waals surface area contributed by atoms with Crippen molar-refractivity contribution in [3.63, 3.8) is 0 Å². The highest BCUT2D eigenvalue weighted by Crippen LogP contribution is 2.20. The van der Waals surface area contributed by atoms with Crippen LogP contribution in [-0.2, 0) is 0 Å². The topological polar surface area (TPSA) is 54.8 Å². The molecule has 1 aromatic heterocycles. The predicted molar refractivity (Wildman–Crippen MR) is 111 cm³/mol. The van der Waals surface area contributed by atoms with Crippen molar-refractivity contribution in [2.75, 3.05) is 33.3 Å². The molecule has 2 heterocycles. The molecule has 1 saturated heterocycles. The van der Waals surface area contributed by atoms with Gasteiger partial charge in [-0.25, -0.2) is 0 Å². The molecule has 4 rings (SSSR count). The van der Waals surface area contributed by atoms with E-state index >= 15 is 0 Å². The van der Waals surface area contributed by atoms with Crippen molar-refractivity contribution >= 4 is 11.8 Å². The third-order valence-electron chi connectivity index (χ3n) is 5.21. The van der Waals surface area contributed by atoms with Crippen LogP contribution in [0.25, 0.3) is 5.69 Å². The van der Waals surface area contributed by atoms with E-state index in [0.717, 1.165) is 5.69 Å². The van der Waals surface area contributed by atoms with Crippen LogP contribution in [-0.4, -0.2) is 59.5 Å². The van der Waals surface area contributed by atoms with Crippen molar-refractivity contribution in [1.29, 1.82) is 0 Å². The van der Waals surface area contributed by atoms with Crippen molar-refractivity contribution in [2.45, 2.75) is 0 Å². The highest BCUT2D eigenvalue weighted by Gasteiger charge is 2.26. The standard InChI is InChI=1S/C23H23N3O3/c1-29-21-7-3-2-6-20(21)23(28)26-16-14-25(15-17-26)22(27)18-8-10-19(11-9-18)24-12-4-5-13-24/h2-13H,14-17H2,1H3. The molecule has 0 N–H and O–H groups in total. The molecular weight excluding hydrogens is 366 g/mol. The Hall–Kier alpha value is -3.54. The first kappa shape index (κ1) is 18.8. The van der Waals surface area contributed by atoms with Crippen LogP contribution in [0.4, 0.5) is 0 Å². The number of carbonyl (C=O) groups is 2. The number of hydrogen-bond donors (Lipinski definition) is 0. The zero-order chi connectivity index (χ0) is 20.2. The van der Waals surface area contributed by atoms with Crippen molar-refractivity contribution < 1.29 is 14.3 Å². The number of para-hydroxylation sites is 1. The maximum atomic E-state index is 12.8. The lowest BCUT2D eigenvalue weighted by atomic mass is 10.1. The largest absolute Gasteiger partial charge is 0.496 e. The summed E-state index contributed by atoms with van der Waals surface area (Å²) in [4.78, 5) is 29.2. The Labute approximate surface area is 169 Å². The fourth-order valence-corrected chi connectivity index (χ4v) is 3.57. The molecule has 29 heavy (non-hydrogen) atoms. The van der Waals surface area contributed by atoms with Crippen LogP contribution >= 0.6 is 0 Å². The van der Waals surface area contributed by atoms with Gasteiger partial charge in [-0.2, -0.15) is 0 Å². The normalized spacial score (nSPS) is 14.0. The average molecular weight is 389 g/mol. The van der Waals surface area contributed by atoms with Crippen molar-refractivity contribution in [3.8, 4) is 11.4 Å². The Kier molecular flexibility index (Phi) is 5.33. The molecule has 0 aliphatic carbocycles. The average Bonchev–Trinajstić information content (AvgIpc) is 3.33. The number of hydrogen-bond acceptors (Lipinski definition) is 3. The minimum atomic E-state index is -0.0642. The van der Waals surface area contributed by atoms with Crippen LogP contribution in [0.3, 0.4) is 0 Å². The Morgan fingerprint density at radius 1 is 0.759 bits per heavy atom. The number of methoxy groups -OCH3 is 1. The first-order chi connectivity index (χ1) is 14.2. The minimum absolute atomic E-state index is 0.00607. The lowest BCUT2D eigenvalue weighted by molar-refractivity contribution is 0.0533. The molecule has 1 fully saturated rings. The van der Waals surface area contributed by atoms with Gasteiger partial charge >= 0.3 is 0 Å². The molecule has 0 bridgehead atoms. The minimum Gasteiger partial charge on any atom is -0.496 e. The molecule has 3 aromatic rings. The third kappa shape index (κ3) is 3.87. The molecule has 0 atom stereocenters. The number of benzene rings is 2. The number of nitrogens with zero attached hydrogens (tertiary/aromatic N) is 3. The Morgan fingerprint density at radius 2 is 1.34 bits per heavy atom. The number of ether oxygens (including phenoxy) is 1. The molecule has 1 aliphatic rings. The second-order valence-corrected chi connectivity index (χ2v) is 6.92. The van der Waals surface area contributed by atoms with Crippen molar-refractivity contribution in [2.24, 2.45) is 0 Å². The molecule has 148 valence electrons. The van der Waals surface area contributed by atoms with Gasteiger partial charge < -0.3 is 19.1 Å². The van der Waals surface area contributed by atoms with Crippen LogP contribution in [0, 0.1) is 0 Å². The highest BCUT2D eigenvalue weighted by atomic mass is 16.5. The van der Waals surface area contributed by atoms with Gasteiger partial charge in [0.15, 0.2) is 0 Å². The Balaban J connectivity index is 1.39. The fraction of sp³-hybridized carbons (Fsp3) is 0.217. The summed E-state index contributed by atoms with van der Waals surface area (Å²) in [5.41, 5.74) is 2.22. The van der Waals surface area contributed by atoms with E-state index in [1.807, 2.05) is 65.5 Å². The summed E-state index contributed by atoms with van der Waals surface area (Å²) in [6.45, 7) is 2.03. The Morgan fingerprint density at radius 3 is 1.97 bits per heavy atom. The first-order valence-electron chi connectivity index (χ1n) is 9.62. The maximum Gasteiger partial charge on any atom is 0.257 e. The summed E-state index contributed by atoms with van der Waals surface area (Å²) >= 11 is 0. The van der Waals surface area contributed by atoms with E-state index in [1.165, 1.54) is 0 Å². The van der Waals surface area contributed by atoms with Gasteiger partial charge in [0.2, 0.25) is 0 Å². The summed E-state index contributed by atoms with van der Waals surface area (Å²) in [5.74, 6) is 0.498. The van der Waals surface area contributed by atoms with E-state index in [4.69, 9.17) is 4.74 Å².